The predicted octanol–water partition coefficient (Wildman–Crippen LogP) is 3.98. The number of hydrogen-bond acceptors (Lipinski definition) is 1. The highest BCUT2D eigenvalue weighted by Gasteiger charge is 2.41. The Labute approximate surface area is 103 Å². The molecule has 0 bridgehead atoms. The third kappa shape index (κ3) is 3.18. The molecule has 0 amide bonds. The maximum Gasteiger partial charge on any atom is 0.416 e. The van der Waals surface area contributed by atoms with Crippen LogP contribution >= 0.6 is 0 Å². The lowest BCUT2D eigenvalue weighted by Crippen LogP contribution is -2.18. The molecule has 106 valence electrons. The molecule has 0 aliphatic carbocycles. The van der Waals surface area contributed by atoms with Crippen molar-refractivity contribution >= 4 is 5.97 Å². The average molecular weight is 286 g/mol. The van der Waals surface area contributed by atoms with Crippen LogP contribution in [0.25, 0.3) is 0 Å². The second kappa shape index (κ2) is 4.75. The zero-order chi connectivity index (χ0) is 15.0. The van der Waals surface area contributed by atoms with E-state index in [1.54, 1.807) is 0 Å². The Balaban J connectivity index is 3.72. The lowest BCUT2D eigenvalue weighted by molar-refractivity contribution is -0.144. The molecule has 0 aliphatic heterocycles. The van der Waals surface area contributed by atoms with Crippen LogP contribution in [0.4, 0.5) is 26.3 Å². The molecule has 0 saturated carbocycles. The van der Waals surface area contributed by atoms with Crippen molar-refractivity contribution in [3.8, 4) is 0 Å². The fourth-order valence-corrected chi connectivity index (χ4v) is 1.68. The summed E-state index contributed by atoms with van der Waals surface area (Å²) in [7, 11) is 0. The van der Waals surface area contributed by atoms with E-state index in [4.69, 9.17) is 5.11 Å². The maximum atomic E-state index is 12.7. The molecule has 1 aromatic rings. The van der Waals surface area contributed by atoms with Gasteiger partial charge in [0, 0.05) is 0 Å². The first-order valence-corrected chi connectivity index (χ1v) is 5.03. The summed E-state index contributed by atoms with van der Waals surface area (Å²) in [4.78, 5) is 10.6. The van der Waals surface area contributed by atoms with Gasteiger partial charge < -0.3 is 5.11 Å². The average Bonchev–Trinajstić information content (AvgIpc) is 2.24. The third-order valence-corrected chi connectivity index (χ3v) is 2.46. The van der Waals surface area contributed by atoms with E-state index in [-0.39, 0.29) is 12.1 Å². The van der Waals surface area contributed by atoms with Crippen molar-refractivity contribution in [3.63, 3.8) is 0 Å². The van der Waals surface area contributed by atoms with Gasteiger partial charge in [0.1, 0.15) is 0 Å². The Morgan fingerprint density at radius 3 is 1.63 bits per heavy atom. The highest BCUT2D eigenvalue weighted by Crippen LogP contribution is 2.40. The van der Waals surface area contributed by atoms with Crippen molar-refractivity contribution < 1.29 is 36.2 Å². The van der Waals surface area contributed by atoms with E-state index in [1.165, 1.54) is 0 Å². The Hall–Kier alpha value is -1.73. The molecule has 8 heteroatoms. The van der Waals surface area contributed by atoms with Gasteiger partial charge in [-0.1, -0.05) is 6.92 Å². The SMILES string of the molecule is CCc1c(C(F)(F)F)cc(C(=O)O)cc1C(F)(F)F. The van der Waals surface area contributed by atoms with E-state index in [2.05, 4.69) is 0 Å². The number of carboxylic acids is 1. The van der Waals surface area contributed by atoms with Crippen LogP contribution in [0.15, 0.2) is 12.1 Å². The van der Waals surface area contributed by atoms with Gasteiger partial charge in [0.05, 0.1) is 16.7 Å². The molecule has 0 fully saturated rings. The minimum atomic E-state index is -5.04. The van der Waals surface area contributed by atoms with Crippen LogP contribution in [0.2, 0.25) is 0 Å². The monoisotopic (exact) mass is 286 g/mol. The molecule has 2 nitrogen and oxygen atoms in total. The second-order valence-electron chi connectivity index (χ2n) is 3.70. The van der Waals surface area contributed by atoms with Gasteiger partial charge in [-0.2, -0.15) is 26.3 Å². The van der Waals surface area contributed by atoms with E-state index in [1.807, 2.05) is 0 Å². The van der Waals surface area contributed by atoms with Crippen molar-refractivity contribution in [1.82, 2.24) is 0 Å². The highest BCUT2D eigenvalue weighted by molar-refractivity contribution is 5.88. The lowest BCUT2D eigenvalue weighted by atomic mass is 9.95. The van der Waals surface area contributed by atoms with Crippen molar-refractivity contribution in [2.45, 2.75) is 25.7 Å². The maximum absolute atomic E-state index is 12.7. The van der Waals surface area contributed by atoms with Crippen molar-refractivity contribution in [1.29, 1.82) is 0 Å². The van der Waals surface area contributed by atoms with E-state index < -0.39 is 47.0 Å². The zero-order valence-electron chi connectivity index (χ0n) is 9.49. The van der Waals surface area contributed by atoms with Gasteiger partial charge in [0.2, 0.25) is 0 Å². The van der Waals surface area contributed by atoms with Crippen LogP contribution in [0.3, 0.4) is 0 Å². The lowest BCUT2D eigenvalue weighted by Gasteiger charge is -2.18. The fourth-order valence-electron chi connectivity index (χ4n) is 1.68. The molecule has 19 heavy (non-hydrogen) atoms. The molecule has 0 aromatic heterocycles. The van der Waals surface area contributed by atoms with E-state index in [9.17, 15) is 31.1 Å². The molecule has 0 radical (unpaired) electrons. The Bertz CT molecular complexity index is 466. The first-order chi connectivity index (χ1) is 8.48. The molecule has 1 rings (SSSR count). The minimum Gasteiger partial charge on any atom is -0.478 e. The first kappa shape index (κ1) is 15.3. The quantitative estimate of drug-likeness (QED) is 0.835. The van der Waals surface area contributed by atoms with Crippen molar-refractivity contribution in [3.05, 3.63) is 34.4 Å². The molecule has 0 saturated heterocycles. The third-order valence-electron chi connectivity index (χ3n) is 2.46. The molecule has 0 spiro atoms. The molecule has 0 aliphatic rings. The summed E-state index contributed by atoms with van der Waals surface area (Å²) in [6, 6.07) is 0.437. The summed E-state index contributed by atoms with van der Waals surface area (Å²) in [5.74, 6) is -1.85. The summed E-state index contributed by atoms with van der Waals surface area (Å²) in [5.41, 5.74) is -5.13. The first-order valence-electron chi connectivity index (χ1n) is 5.03. The topological polar surface area (TPSA) is 37.3 Å². The molecule has 0 heterocycles. The number of rotatable bonds is 2. The number of benzene rings is 1. The number of halogens is 6. The van der Waals surface area contributed by atoms with Crippen LogP contribution < -0.4 is 0 Å². The van der Waals surface area contributed by atoms with Gasteiger partial charge in [0.15, 0.2) is 0 Å². The van der Waals surface area contributed by atoms with E-state index in [0.717, 1.165) is 6.92 Å². The summed E-state index contributed by atoms with van der Waals surface area (Å²) < 4.78 is 76.1. The fraction of sp³-hybridized carbons (Fsp3) is 0.364. The van der Waals surface area contributed by atoms with Crippen LogP contribution in [-0.4, -0.2) is 11.1 Å². The number of aromatic carboxylic acids is 1. The van der Waals surface area contributed by atoms with Gasteiger partial charge in [-0.05, 0) is 24.1 Å². The molecule has 0 atom stereocenters. The van der Waals surface area contributed by atoms with Gasteiger partial charge in [0.25, 0.3) is 0 Å². The molecule has 1 N–H and O–H groups in total. The Morgan fingerprint density at radius 1 is 1.05 bits per heavy atom. The smallest absolute Gasteiger partial charge is 0.416 e. The zero-order valence-corrected chi connectivity index (χ0v) is 9.49. The Kier molecular flexibility index (Phi) is 3.83. The van der Waals surface area contributed by atoms with Crippen LogP contribution in [0.5, 0.6) is 0 Å². The summed E-state index contributed by atoms with van der Waals surface area (Å²) in [5, 5.41) is 8.59. The van der Waals surface area contributed by atoms with Gasteiger partial charge in [-0.3, -0.25) is 0 Å². The number of alkyl halides is 6. The summed E-state index contributed by atoms with van der Waals surface area (Å²) in [6.07, 6.45) is -10.6. The van der Waals surface area contributed by atoms with Gasteiger partial charge in [-0.25, -0.2) is 4.79 Å². The highest BCUT2D eigenvalue weighted by atomic mass is 19.4. The van der Waals surface area contributed by atoms with E-state index >= 15 is 0 Å². The summed E-state index contributed by atoms with van der Waals surface area (Å²) >= 11 is 0. The Morgan fingerprint density at radius 2 is 1.42 bits per heavy atom. The van der Waals surface area contributed by atoms with Crippen LogP contribution in [0, 0.1) is 0 Å². The van der Waals surface area contributed by atoms with Crippen LogP contribution in [0.1, 0.15) is 34.0 Å². The minimum absolute atomic E-state index is 0.219. The number of hydrogen-bond donors (Lipinski definition) is 1. The molecule has 1 aromatic carbocycles. The van der Waals surface area contributed by atoms with Gasteiger partial charge >= 0.3 is 18.3 Å². The normalized spacial score (nSPS) is 12.6. The summed E-state index contributed by atoms with van der Waals surface area (Å²) in [6.45, 7) is 1.14. The number of carboxylic acid groups (broad SMARTS) is 1. The van der Waals surface area contributed by atoms with Crippen molar-refractivity contribution in [2.75, 3.05) is 0 Å². The standard InChI is InChI=1S/C11H8F6O2/c1-2-6-7(10(12,13)14)3-5(9(18)19)4-8(6)11(15,16)17/h3-4H,2H2,1H3,(H,18,19). The second-order valence-corrected chi connectivity index (χ2v) is 3.70. The number of carbonyl (C=O) groups is 1. The van der Waals surface area contributed by atoms with E-state index in [0.29, 0.717) is 0 Å². The molecular formula is C11H8F6O2. The largest absolute Gasteiger partial charge is 0.478 e. The van der Waals surface area contributed by atoms with Gasteiger partial charge in [-0.15, -0.1) is 0 Å². The van der Waals surface area contributed by atoms with Crippen LogP contribution in [-0.2, 0) is 18.8 Å². The molecule has 0 unspecified atom stereocenters. The molecular weight excluding hydrogens is 278 g/mol. The van der Waals surface area contributed by atoms with Crippen molar-refractivity contribution in [2.24, 2.45) is 0 Å². The predicted molar refractivity (Wildman–Crippen MR) is 52.8 cm³/mol.